The van der Waals surface area contributed by atoms with E-state index in [9.17, 15) is 0 Å². The van der Waals surface area contributed by atoms with Gasteiger partial charge >= 0.3 is 0 Å². The van der Waals surface area contributed by atoms with Gasteiger partial charge in [-0.25, -0.2) is 4.98 Å². The summed E-state index contributed by atoms with van der Waals surface area (Å²) in [5, 5.41) is 6.55. The number of pyridine rings is 1. The molecule has 1 heterocycles. The summed E-state index contributed by atoms with van der Waals surface area (Å²) in [7, 11) is 1.76. The average Bonchev–Trinajstić information content (AvgIpc) is 3.54. The van der Waals surface area contributed by atoms with Gasteiger partial charge in [0.2, 0.25) is 5.88 Å². The zero-order chi connectivity index (χ0) is 18.7. The van der Waals surface area contributed by atoms with Gasteiger partial charge in [0.1, 0.15) is 0 Å². The number of nitrogens with one attached hydrogen (secondary N) is 2. The molecule has 6 heteroatoms. The molecule has 1 fully saturated rings. The van der Waals surface area contributed by atoms with Gasteiger partial charge in [-0.15, -0.1) is 0 Å². The number of rotatable bonds is 10. The highest BCUT2D eigenvalue weighted by Gasteiger charge is 2.22. The lowest BCUT2D eigenvalue weighted by Gasteiger charge is -2.13. The van der Waals surface area contributed by atoms with Crippen LogP contribution < -0.4 is 15.4 Å². The Morgan fingerprint density at radius 2 is 2.00 bits per heavy atom. The Labute approximate surface area is 161 Å². The molecule has 144 valence electrons. The molecule has 6 nitrogen and oxygen atoms in total. The van der Waals surface area contributed by atoms with E-state index in [1.54, 1.807) is 13.2 Å². The topological polar surface area (TPSA) is 67.8 Å². The van der Waals surface area contributed by atoms with Crippen molar-refractivity contribution >= 4 is 5.96 Å². The second kappa shape index (κ2) is 10.5. The van der Waals surface area contributed by atoms with Crippen LogP contribution in [0.5, 0.6) is 5.88 Å². The number of hydrogen-bond acceptors (Lipinski definition) is 4. The van der Waals surface area contributed by atoms with Gasteiger partial charge < -0.3 is 20.1 Å². The minimum atomic E-state index is 0.615. The molecule has 1 aromatic heterocycles. The highest BCUT2D eigenvalue weighted by Crippen LogP contribution is 2.29. The molecule has 1 saturated carbocycles. The summed E-state index contributed by atoms with van der Waals surface area (Å²) < 4.78 is 11.4. The van der Waals surface area contributed by atoms with Gasteiger partial charge in [0.15, 0.2) is 5.96 Å². The number of nitrogens with zero attached hydrogens (tertiary/aromatic N) is 2. The first kappa shape index (κ1) is 19.2. The molecule has 0 bridgehead atoms. The summed E-state index contributed by atoms with van der Waals surface area (Å²) in [4.78, 5) is 8.51. The largest absolute Gasteiger partial charge is 0.477 e. The lowest BCUT2D eigenvalue weighted by Crippen LogP contribution is -2.38. The SMILES string of the molecule is CN=C(NCCOCc1ccccc1)NCc1ccnc(OCC2CC2)c1. The van der Waals surface area contributed by atoms with Crippen LogP contribution in [0.1, 0.15) is 24.0 Å². The number of guanidine groups is 1. The van der Waals surface area contributed by atoms with Gasteiger partial charge in [-0.05, 0) is 36.0 Å². The van der Waals surface area contributed by atoms with E-state index in [0.717, 1.165) is 24.0 Å². The predicted molar refractivity (Wildman–Crippen MR) is 107 cm³/mol. The normalized spacial score (nSPS) is 14.0. The van der Waals surface area contributed by atoms with Crippen LogP contribution in [0, 0.1) is 5.92 Å². The van der Waals surface area contributed by atoms with Crippen molar-refractivity contribution < 1.29 is 9.47 Å². The number of benzene rings is 1. The Morgan fingerprint density at radius 3 is 2.78 bits per heavy atom. The molecule has 0 radical (unpaired) electrons. The van der Waals surface area contributed by atoms with Gasteiger partial charge in [0.05, 0.1) is 19.8 Å². The van der Waals surface area contributed by atoms with E-state index in [4.69, 9.17) is 9.47 Å². The Hall–Kier alpha value is -2.60. The highest BCUT2D eigenvalue weighted by molar-refractivity contribution is 5.79. The van der Waals surface area contributed by atoms with Crippen LogP contribution in [-0.4, -0.2) is 37.7 Å². The maximum absolute atomic E-state index is 5.73. The second-order valence-electron chi connectivity index (χ2n) is 6.65. The second-order valence-corrected chi connectivity index (χ2v) is 6.65. The fourth-order valence-electron chi connectivity index (χ4n) is 2.54. The lowest BCUT2D eigenvalue weighted by molar-refractivity contribution is 0.125. The highest BCUT2D eigenvalue weighted by atomic mass is 16.5. The summed E-state index contributed by atoms with van der Waals surface area (Å²) in [5.41, 5.74) is 2.29. The van der Waals surface area contributed by atoms with Gasteiger partial charge in [0.25, 0.3) is 0 Å². The molecule has 0 unspecified atom stereocenters. The zero-order valence-corrected chi connectivity index (χ0v) is 15.9. The molecule has 3 rings (SSSR count). The van der Waals surface area contributed by atoms with Crippen LogP contribution in [0.2, 0.25) is 0 Å². The van der Waals surface area contributed by atoms with Crippen molar-refractivity contribution in [2.75, 3.05) is 26.8 Å². The van der Waals surface area contributed by atoms with Gasteiger partial charge in [0, 0.05) is 32.4 Å². The van der Waals surface area contributed by atoms with E-state index in [0.29, 0.717) is 32.2 Å². The first-order chi connectivity index (χ1) is 13.3. The van der Waals surface area contributed by atoms with E-state index in [-0.39, 0.29) is 0 Å². The van der Waals surface area contributed by atoms with Crippen molar-refractivity contribution in [1.82, 2.24) is 15.6 Å². The standard InChI is InChI=1S/C21H28N4O2/c1-22-21(24-11-12-26-15-17-5-3-2-4-6-17)25-14-19-9-10-23-20(13-19)27-16-18-7-8-18/h2-6,9-10,13,18H,7-8,11-12,14-16H2,1H3,(H2,22,24,25). The molecule has 0 spiro atoms. The summed E-state index contributed by atoms with van der Waals surface area (Å²) in [6, 6.07) is 14.1. The summed E-state index contributed by atoms with van der Waals surface area (Å²) >= 11 is 0. The number of aliphatic imine (C=N–C) groups is 1. The minimum absolute atomic E-state index is 0.615. The molecular formula is C21H28N4O2. The van der Waals surface area contributed by atoms with Gasteiger partial charge in [-0.3, -0.25) is 4.99 Å². The van der Waals surface area contributed by atoms with Crippen LogP contribution in [0.3, 0.4) is 0 Å². The smallest absolute Gasteiger partial charge is 0.213 e. The Balaban J connectivity index is 1.33. The Morgan fingerprint density at radius 1 is 1.15 bits per heavy atom. The number of ether oxygens (including phenoxy) is 2. The van der Waals surface area contributed by atoms with E-state index in [2.05, 4.69) is 32.7 Å². The van der Waals surface area contributed by atoms with Crippen LogP contribution in [0.15, 0.2) is 53.7 Å². The molecule has 0 saturated heterocycles. The molecule has 0 aliphatic heterocycles. The van der Waals surface area contributed by atoms with Crippen molar-refractivity contribution in [2.24, 2.45) is 10.9 Å². The van der Waals surface area contributed by atoms with E-state index >= 15 is 0 Å². The third-order valence-electron chi connectivity index (χ3n) is 4.30. The van der Waals surface area contributed by atoms with Gasteiger partial charge in [-0.1, -0.05) is 30.3 Å². The molecule has 1 aromatic carbocycles. The predicted octanol–water partition coefficient (Wildman–Crippen LogP) is 2.75. The van der Waals surface area contributed by atoms with Crippen molar-refractivity contribution in [1.29, 1.82) is 0 Å². The van der Waals surface area contributed by atoms with Crippen molar-refractivity contribution in [3.63, 3.8) is 0 Å². The minimum Gasteiger partial charge on any atom is -0.477 e. The molecule has 2 N–H and O–H groups in total. The van der Waals surface area contributed by atoms with Crippen LogP contribution in [-0.2, 0) is 17.9 Å². The van der Waals surface area contributed by atoms with E-state index in [1.165, 1.54) is 18.4 Å². The maximum atomic E-state index is 5.73. The fourth-order valence-corrected chi connectivity index (χ4v) is 2.54. The molecule has 1 aliphatic rings. The first-order valence-electron chi connectivity index (χ1n) is 9.47. The van der Waals surface area contributed by atoms with Crippen molar-refractivity contribution in [3.8, 4) is 5.88 Å². The Kier molecular flexibility index (Phi) is 7.47. The van der Waals surface area contributed by atoms with Crippen LogP contribution in [0.4, 0.5) is 0 Å². The zero-order valence-electron chi connectivity index (χ0n) is 15.9. The number of hydrogen-bond donors (Lipinski definition) is 2. The van der Waals surface area contributed by atoms with E-state index in [1.807, 2.05) is 30.3 Å². The van der Waals surface area contributed by atoms with E-state index < -0.39 is 0 Å². The molecule has 1 aliphatic carbocycles. The third kappa shape index (κ3) is 7.27. The monoisotopic (exact) mass is 368 g/mol. The molecule has 2 aromatic rings. The molecule has 27 heavy (non-hydrogen) atoms. The lowest BCUT2D eigenvalue weighted by atomic mass is 10.2. The molecule has 0 amide bonds. The first-order valence-corrected chi connectivity index (χ1v) is 9.47. The molecule has 0 atom stereocenters. The van der Waals surface area contributed by atoms with Crippen molar-refractivity contribution in [2.45, 2.75) is 26.0 Å². The summed E-state index contributed by atoms with van der Waals surface area (Å²) in [6.07, 6.45) is 4.34. The molecular weight excluding hydrogens is 340 g/mol. The Bertz CT molecular complexity index is 717. The fraction of sp³-hybridized carbons (Fsp3) is 0.429. The number of aromatic nitrogens is 1. The summed E-state index contributed by atoms with van der Waals surface area (Å²) in [5.74, 6) is 2.16. The van der Waals surface area contributed by atoms with Gasteiger partial charge in [-0.2, -0.15) is 0 Å². The van der Waals surface area contributed by atoms with Crippen LogP contribution in [0.25, 0.3) is 0 Å². The third-order valence-corrected chi connectivity index (χ3v) is 4.30. The van der Waals surface area contributed by atoms with Crippen molar-refractivity contribution in [3.05, 3.63) is 59.8 Å². The summed E-state index contributed by atoms with van der Waals surface area (Å²) in [6.45, 7) is 3.36. The maximum Gasteiger partial charge on any atom is 0.213 e. The average molecular weight is 368 g/mol. The van der Waals surface area contributed by atoms with Crippen LogP contribution >= 0.6 is 0 Å². The quantitative estimate of drug-likeness (QED) is 0.383.